The van der Waals surface area contributed by atoms with Gasteiger partial charge in [-0.15, -0.1) is 0 Å². The summed E-state index contributed by atoms with van der Waals surface area (Å²) in [5.41, 5.74) is 0.708. The van der Waals surface area contributed by atoms with Crippen LogP contribution in [0.5, 0.6) is 0 Å². The summed E-state index contributed by atoms with van der Waals surface area (Å²) >= 11 is 0. The highest BCUT2D eigenvalue weighted by molar-refractivity contribution is 5.83. The zero-order valence-electron chi connectivity index (χ0n) is 13.4. The number of aliphatic carboxylic acids is 1. The minimum absolute atomic E-state index is 0.205. The smallest absolute Gasteiger partial charge is 0.332 e. The molecule has 2 N–H and O–H groups in total. The monoisotopic (exact) mass is 309 g/mol. The second kappa shape index (κ2) is 6.08. The highest BCUT2D eigenvalue weighted by Gasteiger charge is 2.37. The third-order valence-corrected chi connectivity index (χ3v) is 3.80. The Hall–Kier alpha value is -1.89. The van der Waals surface area contributed by atoms with Crippen LogP contribution in [0.4, 0.5) is 0 Å². The molecule has 2 heterocycles. The summed E-state index contributed by atoms with van der Waals surface area (Å²) < 4.78 is 6.99. The van der Waals surface area contributed by atoms with Crippen LogP contribution in [0, 0.1) is 5.41 Å². The van der Waals surface area contributed by atoms with Gasteiger partial charge in [-0.1, -0.05) is 20.8 Å². The Kier molecular flexibility index (Phi) is 4.55. The maximum absolute atomic E-state index is 12.4. The summed E-state index contributed by atoms with van der Waals surface area (Å²) in [5.74, 6) is -1.29. The van der Waals surface area contributed by atoms with Crippen LogP contribution in [0.15, 0.2) is 12.4 Å². The largest absolute Gasteiger partial charge is 0.479 e. The quantitative estimate of drug-likeness (QED) is 0.873. The fourth-order valence-electron chi connectivity index (χ4n) is 2.64. The molecule has 0 radical (unpaired) electrons. The van der Waals surface area contributed by atoms with Gasteiger partial charge in [0, 0.05) is 18.8 Å². The van der Waals surface area contributed by atoms with E-state index in [0.29, 0.717) is 12.8 Å². The SMILES string of the molecule is Cn1cc(C(NC(=O)[C@@H]2CC[C@H](C(=O)O)O2)C(C)(C)C)cn1. The molecule has 1 unspecified atom stereocenters. The molecule has 0 bridgehead atoms. The molecule has 122 valence electrons. The number of carboxylic acids is 1. The van der Waals surface area contributed by atoms with E-state index in [-0.39, 0.29) is 17.4 Å². The fraction of sp³-hybridized carbons (Fsp3) is 0.667. The molecular formula is C15H23N3O4. The first-order valence-electron chi connectivity index (χ1n) is 7.35. The van der Waals surface area contributed by atoms with Crippen LogP contribution in [-0.2, 0) is 21.4 Å². The maximum Gasteiger partial charge on any atom is 0.332 e. The van der Waals surface area contributed by atoms with Crippen molar-refractivity contribution in [3.63, 3.8) is 0 Å². The van der Waals surface area contributed by atoms with E-state index >= 15 is 0 Å². The molecular weight excluding hydrogens is 286 g/mol. The Morgan fingerprint density at radius 3 is 2.50 bits per heavy atom. The van der Waals surface area contributed by atoms with Gasteiger partial charge in [0.05, 0.1) is 12.2 Å². The normalized spacial score (nSPS) is 23.3. The molecule has 1 amide bonds. The number of aromatic nitrogens is 2. The zero-order valence-corrected chi connectivity index (χ0v) is 13.4. The van der Waals surface area contributed by atoms with Gasteiger partial charge >= 0.3 is 5.97 Å². The number of carbonyl (C=O) groups excluding carboxylic acids is 1. The van der Waals surface area contributed by atoms with Crippen molar-refractivity contribution in [2.24, 2.45) is 12.5 Å². The second-order valence-corrected chi connectivity index (χ2v) is 6.78. The molecule has 2 rings (SSSR count). The fourth-order valence-corrected chi connectivity index (χ4v) is 2.64. The lowest BCUT2D eigenvalue weighted by Gasteiger charge is -2.31. The van der Waals surface area contributed by atoms with Crippen LogP contribution < -0.4 is 5.32 Å². The molecule has 0 spiro atoms. The standard InChI is InChI=1S/C15H23N3O4/c1-15(2,3)12(9-7-16-18(4)8-9)17-13(19)10-5-6-11(22-10)14(20)21/h7-8,10-12H,5-6H2,1-4H3,(H,17,19)(H,20,21)/t10-,11+,12?/m0/s1. The number of nitrogens with zero attached hydrogens (tertiary/aromatic N) is 2. The second-order valence-electron chi connectivity index (χ2n) is 6.78. The Bertz CT molecular complexity index is 561. The van der Waals surface area contributed by atoms with E-state index < -0.39 is 18.2 Å². The molecule has 1 aliphatic heterocycles. The van der Waals surface area contributed by atoms with Crippen LogP contribution in [0.1, 0.15) is 45.2 Å². The highest BCUT2D eigenvalue weighted by Crippen LogP contribution is 2.33. The van der Waals surface area contributed by atoms with Crippen molar-refractivity contribution < 1.29 is 19.4 Å². The van der Waals surface area contributed by atoms with Gasteiger partial charge in [0.2, 0.25) is 5.91 Å². The molecule has 22 heavy (non-hydrogen) atoms. The van der Waals surface area contributed by atoms with Crippen LogP contribution >= 0.6 is 0 Å². The molecule has 1 aliphatic rings. The van der Waals surface area contributed by atoms with Gasteiger partial charge in [-0.05, 0) is 18.3 Å². The van der Waals surface area contributed by atoms with E-state index in [1.165, 1.54) is 0 Å². The summed E-state index contributed by atoms with van der Waals surface area (Å²) in [6, 6.07) is -0.221. The van der Waals surface area contributed by atoms with Crippen molar-refractivity contribution in [3.05, 3.63) is 18.0 Å². The molecule has 1 fully saturated rings. The lowest BCUT2D eigenvalue weighted by atomic mass is 9.83. The molecule has 7 heteroatoms. The topological polar surface area (TPSA) is 93.5 Å². The van der Waals surface area contributed by atoms with Gasteiger partial charge in [-0.25, -0.2) is 4.79 Å². The Labute approximate surface area is 129 Å². The molecule has 0 aromatic carbocycles. The van der Waals surface area contributed by atoms with E-state index in [9.17, 15) is 9.59 Å². The molecule has 7 nitrogen and oxygen atoms in total. The van der Waals surface area contributed by atoms with E-state index in [0.717, 1.165) is 5.56 Å². The molecule has 1 aromatic rings. The predicted molar refractivity (Wildman–Crippen MR) is 79.1 cm³/mol. The average Bonchev–Trinajstić information content (AvgIpc) is 3.02. The van der Waals surface area contributed by atoms with E-state index in [2.05, 4.69) is 10.4 Å². The Morgan fingerprint density at radius 1 is 1.41 bits per heavy atom. The van der Waals surface area contributed by atoms with E-state index in [1.54, 1.807) is 10.9 Å². The predicted octanol–water partition coefficient (Wildman–Crippen LogP) is 1.26. The molecule has 0 aliphatic carbocycles. The third kappa shape index (κ3) is 3.65. The lowest BCUT2D eigenvalue weighted by Crippen LogP contribution is -2.42. The Balaban J connectivity index is 2.08. The van der Waals surface area contributed by atoms with Crippen LogP contribution in [0.2, 0.25) is 0 Å². The van der Waals surface area contributed by atoms with E-state index in [1.807, 2.05) is 34.0 Å². The van der Waals surface area contributed by atoms with Crippen LogP contribution in [-0.4, -0.2) is 39.0 Å². The summed E-state index contributed by atoms with van der Waals surface area (Å²) in [7, 11) is 1.82. The number of hydrogen-bond donors (Lipinski definition) is 2. The maximum atomic E-state index is 12.4. The number of nitrogens with one attached hydrogen (secondary N) is 1. The summed E-state index contributed by atoms with van der Waals surface area (Å²) in [5, 5.41) is 16.1. The highest BCUT2D eigenvalue weighted by atomic mass is 16.5. The zero-order chi connectivity index (χ0) is 16.5. The number of amides is 1. The first-order chi connectivity index (χ1) is 10.2. The van der Waals surface area contributed by atoms with Gasteiger partial charge < -0.3 is 15.2 Å². The van der Waals surface area contributed by atoms with Gasteiger partial charge in [-0.2, -0.15) is 5.10 Å². The first kappa shape index (κ1) is 16.5. The number of hydrogen-bond acceptors (Lipinski definition) is 4. The lowest BCUT2D eigenvalue weighted by molar-refractivity contribution is -0.152. The van der Waals surface area contributed by atoms with Crippen molar-refractivity contribution in [2.45, 2.75) is 51.9 Å². The van der Waals surface area contributed by atoms with Crippen molar-refractivity contribution in [2.75, 3.05) is 0 Å². The molecule has 1 aromatic heterocycles. The minimum atomic E-state index is -1.02. The minimum Gasteiger partial charge on any atom is -0.479 e. The Morgan fingerprint density at radius 2 is 2.05 bits per heavy atom. The molecule has 1 saturated heterocycles. The van der Waals surface area contributed by atoms with Gasteiger partial charge in [0.15, 0.2) is 6.10 Å². The summed E-state index contributed by atoms with van der Waals surface area (Å²) in [6.07, 6.45) is 2.79. The van der Waals surface area contributed by atoms with Gasteiger partial charge in [0.25, 0.3) is 0 Å². The van der Waals surface area contributed by atoms with Crippen molar-refractivity contribution >= 4 is 11.9 Å². The van der Waals surface area contributed by atoms with Gasteiger partial charge in [0.1, 0.15) is 6.10 Å². The average molecular weight is 309 g/mol. The number of carbonyl (C=O) groups is 2. The van der Waals surface area contributed by atoms with Crippen molar-refractivity contribution in [1.29, 1.82) is 0 Å². The van der Waals surface area contributed by atoms with Crippen LogP contribution in [0.25, 0.3) is 0 Å². The van der Waals surface area contributed by atoms with Crippen molar-refractivity contribution in [1.82, 2.24) is 15.1 Å². The number of carboxylic acid groups (broad SMARTS) is 1. The van der Waals surface area contributed by atoms with Crippen LogP contribution in [0.3, 0.4) is 0 Å². The van der Waals surface area contributed by atoms with Gasteiger partial charge in [-0.3, -0.25) is 9.48 Å². The number of aryl methyl sites for hydroxylation is 1. The molecule has 0 saturated carbocycles. The third-order valence-electron chi connectivity index (χ3n) is 3.80. The van der Waals surface area contributed by atoms with Crippen molar-refractivity contribution in [3.8, 4) is 0 Å². The first-order valence-corrected chi connectivity index (χ1v) is 7.35. The summed E-state index contributed by atoms with van der Waals surface area (Å²) in [6.45, 7) is 6.08. The molecule has 3 atom stereocenters. The number of rotatable bonds is 4. The summed E-state index contributed by atoms with van der Waals surface area (Å²) in [4.78, 5) is 23.3. The number of ether oxygens (including phenoxy) is 1. The van der Waals surface area contributed by atoms with E-state index in [4.69, 9.17) is 9.84 Å².